The molecule has 1 saturated carbocycles. The summed E-state index contributed by atoms with van der Waals surface area (Å²) in [6.07, 6.45) is 4.11. The van der Waals surface area contributed by atoms with Crippen molar-refractivity contribution in [2.75, 3.05) is 18.4 Å². The van der Waals surface area contributed by atoms with Gasteiger partial charge in [0.05, 0.1) is 4.90 Å². The Morgan fingerprint density at radius 2 is 1.60 bits per heavy atom. The molecule has 0 amide bonds. The first-order valence-electron chi connectivity index (χ1n) is 7.23. The molecule has 3 rings (SSSR count). The van der Waals surface area contributed by atoms with Gasteiger partial charge < -0.3 is 10.6 Å². The van der Waals surface area contributed by atoms with E-state index in [1.54, 1.807) is 12.1 Å². The van der Waals surface area contributed by atoms with Gasteiger partial charge in [0.1, 0.15) is 0 Å². The molecule has 2 aliphatic rings. The highest BCUT2D eigenvalue weighted by Crippen LogP contribution is 2.23. The number of benzene rings is 1. The summed E-state index contributed by atoms with van der Waals surface area (Å²) < 4.78 is 26.8. The van der Waals surface area contributed by atoms with Crippen molar-refractivity contribution in [1.29, 1.82) is 0 Å². The molecule has 110 valence electrons. The van der Waals surface area contributed by atoms with Crippen molar-refractivity contribution >= 4 is 15.7 Å². The van der Waals surface area contributed by atoms with Gasteiger partial charge in [-0.25, -0.2) is 13.1 Å². The Morgan fingerprint density at radius 3 is 2.20 bits per heavy atom. The average Bonchev–Trinajstić information content (AvgIpc) is 3.24. The molecule has 5 nitrogen and oxygen atoms in total. The Balaban J connectivity index is 1.64. The van der Waals surface area contributed by atoms with Gasteiger partial charge in [-0.1, -0.05) is 0 Å². The molecule has 1 aromatic carbocycles. The van der Waals surface area contributed by atoms with Gasteiger partial charge in [0, 0.05) is 17.8 Å². The summed E-state index contributed by atoms with van der Waals surface area (Å²) in [5, 5.41) is 6.78. The largest absolute Gasteiger partial charge is 0.382 e. The predicted octanol–water partition coefficient (Wildman–Crippen LogP) is 1.29. The third-order valence-electron chi connectivity index (χ3n) is 3.77. The van der Waals surface area contributed by atoms with Crippen LogP contribution in [0.2, 0.25) is 0 Å². The number of nitrogens with one attached hydrogen (secondary N) is 3. The van der Waals surface area contributed by atoms with Crippen LogP contribution < -0.4 is 15.4 Å². The minimum absolute atomic E-state index is 0.146. The maximum Gasteiger partial charge on any atom is 0.240 e. The molecule has 1 aromatic rings. The Hall–Kier alpha value is -1.11. The molecule has 0 atom stereocenters. The van der Waals surface area contributed by atoms with E-state index in [9.17, 15) is 8.42 Å². The minimum Gasteiger partial charge on any atom is -0.382 e. The fourth-order valence-corrected chi connectivity index (χ4v) is 3.73. The van der Waals surface area contributed by atoms with E-state index in [-0.39, 0.29) is 6.04 Å². The van der Waals surface area contributed by atoms with E-state index in [4.69, 9.17) is 0 Å². The Kier molecular flexibility index (Phi) is 3.96. The molecule has 3 N–H and O–H groups in total. The maximum atomic E-state index is 12.0. The monoisotopic (exact) mass is 295 g/mol. The van der Waals surface area contributed by atoms with Gasteiger partial charge in [-0.05, 0) is 63.0 Å². The van der Waals surface area contributed by atoms with Crippen molar-refractivity contribution in [3.05, 3.63) is 24.3 Å². The second kappa shape index (κ2) is 5.71. The van der Waals surface area contributed by atoms with E-state index in [1.807, 2.05) is 12.1 Å². The summed E-state index contributed by atoms with van der Waals surface area (Å²) in [6, 6.07) is 7.67. The van der Waals surface area contributed by atoms with Gasteiger partial charge in [0.2, 0.25) is 10.0 Å². The van der Waals surface area contributed by atoms with Crippen LogP contribution in [0.1, 0.15) is 25.7 Å². The predicted molar refractivity (Wildman–Crippen MR) is 79.3 cm³/mol. The van der Waals surface area contributed by atoms with Crippen LogP contribution in [0.15, 0.2) is 29.2 Å². The van der Waals surface area contributed by atoms with Crippen molar-refractivity contribution in [2.45, 2.75) is 42.7 Å². The van der Waals surface area contributed by atoms with Crippen molar-refractivity contribution in [3.8, 4) is 0 Å². The zero-order chi connectivity index (χ0) is 14.0. The Bertz CT molecular complexity index is 546. The zero-order valence-corrected chi connectivity index (χ0v) is 12.2. The van der Waals surface area contributed by atoms with Crippen molar-refractivity contribution < 1.29 is 8.42 Å². The topological polar surface area (TPSA) is 70.2 Å². The highest BCUT2D eigenvalue weighted by molar-refractivity contribution is 7.89. The zero-order valence-electron chi connectivity index (χ0n) is 11.4. The van der Waals surface area contributed by atoms with Gasteiger partial charge in [0.25, 0.3) is 0 Å². The van der Waals surface area contributed by atoms with Crippen LogP contribution in [0.25, 0.3) is 0 Å². The lowest BCUT2D eigenvalue weighted by Gasteiger charge is -2.24. The SMILES string of the molecule is O=S(=O)(NC1CC1)c1ccc(NC2CCNCC2)cc1. The first-order chi connectivity index (χ1) is 9.63. The Morgan fingerprint density at radius 1 is 0.950 bits per heavy atom. The summed E-state index contributed by atoms with van der Waals surface area (Å²) in [4.78, 5) is 0.347. The van der Waals surface area contributed by atoms with Gasteiger partial charge in [0.15, 0.2) is 0 Å². The molecule has 0 unspecified atom stereocenters. The molecule has 0 bridgehead atoms. The van der Waals surface area contributed by atoms with E-state index in [2.05, 4.69) is 15.4 Å². The number of piperidine rings is 1. The second-order valence-electron chi connectivity index (χ2n) is 5.59. The molecule has 1 heterocycles. The molecule has 2 fully saturated rings. The van der Waals surface area contributed by atoms with Gasteiger partial charge in [-0.2, -0.15) is 0 Å². The minimum atomic E-state index is -3.33. The fourth-order valence-electron chi connectivity index (χ4n) is 2.42. The van der Waals surface area contributed by atoms with E-state index in [0.29, 0.717) is 10.9 Å². The third kappa shape index (κ3) is 3.50. The van der Waals surface area contributed by atoms with Crippen LogP contribution in [0.3, 0.4) is 0 Å². The van der Waals surface area contributed by atoms with Gasteiger partial charge in [-0.3, -0.25) is 0 Å². The summed E-state index contributed by atoms with van der Waals surface area (Å²) in [5.74, 6) is 0. The molecule has 6 heteroatoms. The summed E-state index contributed by atoms with van der Waals surface area (Å²) in [7, 11) is -3.33. The molecule has 1 saturated heterocycles. The first-order valence-corrected chi connectivity index (χ1v) is 8.71. The molecular weight excluding hydrogens is 274 g/mol. The van der Waals surface area contributed by atoms with E-state index in [0.717, 1.165) is 44.5 Å². The quantitative estimate of drug-likeness (QED) is 0.765. The van der Waals surface area contributed by atoms with Crippen LogP contribution in [0.4, 0.5) is 5.69 Å². The van der Waals surface area contributed by atoms with E-state index >= 15 is 0 Å². The maximum absolute atomic E-state index is 12.0. The standard InChI is InChI=1S/C14H21N3O2S/c18-20(19,17-13-1-2-13)14-5-3-11(4-6-14)16-12-7-9-15-10-8-12/h3-6,12-13,15-17H,1-2,7-10H2. The lowest BCUT2D eigenvalue weighted by Crippen LogP contribution is -2.35. The van der Waals surface area contributed by atoms with Crippen molar-refractivity contribution in [1.82, 2.24) is 10.0 Å². The van der Waals surface area contributed by atoms with Crippen LogP contribution in [0, 0.1) is 0 Å². The lowest BCUT2D eigenvalue weighted by atomic mass is 10.1. The van der Waals surface area contributed by atoms with Crippen molar-refractivity contribution in [3.63, 3.8) is 0 Å². The van der Waals surface area contributed by atoms with E-state index < -0.39 is 10.0 Å². The number of sulfonamides is 1. The van der Waals surface area contributed by atoms with Crippen LogP contribution >= 0.6 is 0 Å². The van der Waals surface area contributed by atoms with Gasteiger partial charge >= 0.3 is 0 Å². The third-order valence-corrected chi connectivity index (χ3v) is 5.31. The number of hydrogen-bond donors (Lipinski definition) is 3. The molecule has 0 aromatic heterocycles. The number of anilines is 1. The molecular formula is C14H21N3O2S. The van der Waals surface area contributed by atoms with Crippen molar-refractivity contribution in [2.24, 2.45) is 0 Å². The summed E-state index contributed by atoms with van der Waals surface area (Å²) in [6.45, 7) is 2.07. The highest BCUT2D eigenvalue weighted by Gasteiger charge is 2.27. The lowest BCUT2D eigenvalue weighted by molar-refractivity contribution is 0.479. The van der Waals surface area contributed by atoms with Crippen LogP contribution in [-0.4, -0.2) is 33.6 Å². The normalized spacial score (nSPS) is 20.8. The molecule has 0 radical (unpaired) electrons. The van der Waals surface area contributed by atoms with Crippen LogP contribution in [0.5, 0.6) is 0 Å². The first kappa shape index (κ1) is 13.9. The Labute approximate surface area is 120 Å². The fraction of sp³-hybridized carbons (Fsp3) is 0.571. The van der Waals surface area contributed by atoms with E-state index in [1.165, 1.54) is 0 Å². The molecule has 20 heavy (non-hydrogen) atoms. The molecule has 1 aliphatic heterocycles. The highest BCUT2D eigenvalue weighted by atomic mass is 32.2. The molecule has 1 aliphatic carbocycles. The number of rotatable bonds is 5. The smallest absolute Gasteiger partial charge is 0.240 e. The molecule has 0 spiro atoms. The summed E-state index contributed by atoms with van der Waals surface area (Å²) in [5.41, 5.74) is 0.988. The van der Waals surface area contributed by atoms with Crippen LogP contribution in [-0.2, 0) is 10.0 Å². The van der Waals surface area contributed by atoms with Gasteiger partial charge in [-0.15, -0.1) is 0 Å². The average molecular weight is 295 g/mol. The number of hydrogen-bond acceptors (Lipinski definition) is 4. The summed E-state index contributed by atoms with van der Waals surface area (Å²) >= 11 is 0. The second-order valence-corrected chi connectivity index (χ2v) is 7.30.